The Labute approximate surface area is 139 Å². The summed E-state index contributed by atoms with van der Waals surface area (Å²) >= 11 is 12.0. The van der Waals surface area contributed by atoms with E-state index in [9.17, 15) is 4.79 Å². The first-order chi connectivity index (χ1) is 10.6. The lowest BCUT2D eigenvalue weighted by Gasteiger charge is -2.33. The molecule has 2 saturated heterocycles. The van der Waals surface area contributed by atoms with Gasteiger partial charge in [-0.15, -0.1) is 0 Å². The number of rotatable bonds is 4. The van der Waals surface area contributed by atoms with Crippen molar-refractivity contribution < 1.29 is 14.3 Å². The second-order valence-corrected chi connectivity index (χ2v) is 6.25. The second-order valence-electron chi connectivity index (χ2n) is 5.44. The molecule has 0 aromatic heterocycles. The summed E-state index contributed by atoms with van der Waals surface area (Å²) in [5, 5.41) is 1.09. The Morgan fingerprint density at radius 1 is 1.14 bits per heavy atom. The van der Waals surface area contributed by atoms with Crippen molar-refractivity contribution >= 4 is 29.3 Å². The fourth-order valence-corrected chi connectivity index (χ4v) is 3.02. The number of nitrogens with zero attached hydrogens (tertiary/aromatic N) is 2. The molecule has 0 unspecified atom stereocenters. The molecule has 0 aliphatic carbocycles. The lowest BCUT2D eigenvalue weighted by Crippen LogP contribution is -2.42. The van der Waals surface area contributed by atoms with Gasteiger partial charge in [0, 0.05) is 26.2 Å². The average Bonchev–Trinajstić information content (AvgIpc) is 2.93. The summed E-state index contributed by atoms with van der Waals surface area (Å²) in [6.45, 7) is 4.98. The van der Waals surface area contributed by atoms with E-state index >= 15 is 0 Å². The van der Waals surface area contributed by atoms with Crippen molar-refractivity contribution in [3.8, 4) is 0 Å². The summed E-state index contributed by atoms with van der Waals surface area (Å²) in [6.07, 6.45) is -0.233. The van der Waals surface area contributed by atoms with Crippen LogP contribution < -0.4 is 0 Å². The number of hydrogen-bond donors (Lipinski definition) is 0. The summed E-state index contributed by atoms with van der Waals surface area (Å²) in [5.41, 5.74) is 1.03. The van der Waals surface area contributed by atoms with Gasteiger partial charge in [0.1, 0.15) is 6.61 Å². The van der Waals surface area contributed by atoms with Gasteiger partial charge in [-0.3, -0.25) is 4.90 Å². The first-order valence-corrected chi connectivity index (χ1v) is 8.09. The molecule has 0 N–H and O–H groups in total. The zero-order chi connectivity index (χ0) is 15.5. The standard InChI is InChI=1S/C15H18Cl2N2O3/c16-12-2-1-11(9-13(12)17)14-10-18(5-7-21-14)3-4-19-6-8-22-15(19)20/h1-2,9,14H,3-8,10H2/t14-/m1/s1. The predicted octanol–water partition coefficient (Wildman–Crippen LogP) is 2.82. The van der Waals surface area contributed by atoms with E-state index in [1.54, 1.807) is 11.0 Å². The molecule has 0 radical (unpaired) electrons. The fraction of sp³-hybridized carbons (Fsp3) is 0.533. The molecule has 7 heteroatoms. The molecular formula is C15H18Cl2N2O3. The zero-order valence-corrected chi connectivity index (χ0v) is 13.6. The molecule has 2 heterocycles. The van der Waals surface area contributed by atoms with Crippen LogP contribution in [0.4, 0.5) is 4.79 Å². The second kappa shape index (κ2) is 7.04. The van der Waals surface area contributed by atoms with Gasteiger partial charge in [0.25, 0.3) is 0 Å². The average molecular weight is 345 g/mol. The van der Waals surface area contributed by atoms with Gasteiger partial charge in [-0.1, -0.05) is 29.3 Å². The highest BCUT2D eigenvalue weighted by molar-refractivity contribution is 6.42. The van der Waals surface area contributed by atoms with Gasteiger partial charge < -0.3 is 14.4 Å². The van der Waals surface area contributed by atoms with E-state index in [1.807, 2.05) is 12.1 Å². The van der Waals surface area contributed by atoms with Gasteiger partial charge in [-0.05, 0) is 17.7 Å². The quantitative estimate of drug-likeness (QED) is 0.842. The van der Waals surface area contributed by atoms with Gasteiger partial charge >= 0.3 is 6.09 Å². The molecule has 3 rings (SSSR count). The number of ether oxygens (including phenoxy) is 2. The highest BCUT2D eigenvalue weighted by Gasteiger charge is 2.25. The number of amides is 1. The number of carbonyl (C=O) groups excluding carboxylic acids is 1. The van der Waals surface area contributed by atoms with Crippen molar-refractivity contribution in [1.29, 1.82) is 0 Å². The van der Waals surface area contributed by atoms with Gasteiger partial charge in [0.15, 0.2) is 0 Å². The number of morpholine rings is 1. The summed E-state index contributed by atoms with van der Waals surface area (Å²) in [6, 6.07) is 5.60. The largest absolute Gasteiger partial charge is 0.448 e. The normalized spacial score (nSPS) is 22.9. The van der Waals surface area contributed by atoms with Gasteiger partial charge in [-0.25, -0.2) is 4.79 Å². The Balaban J connectivity index is 1.56. The van der Waals surface area contributed by atoms with E-state index in [0.717, 1.165) is 25.2 Å². The smallest absolute Gasteiger partial charge is 0.409 e. The molecule has 1 aromatic carbocycles. The Bertz CT molecular complexity index is 556. The molecule has 1 amide bonds. The van der Waals surface area contributed by atoms with E-state index in [1.165, 1.54) is 0 Å². The van der Waals surface area contributed by atoms with Crippen molar-refractivity contribution in [2.24, 2.45) is 0 Å². The van der Waals surface area contributed by atoms with E-state index < -0.39 is 0 Å². The molecule has 1 aromatic rings. The fourth-order valence-electron chi connectivity index (χ4n) is 2.71. The number of carbonyl (C=O) groups is 1. The molecule has 1 atom stereocenters. The first kappa shape index (κ1) is 15.9. The molecule has 22 heavy (non-hydrogen) atoms. The Morgan fingerprint density at radius 3 is 2.73 bits per heavy atom. The predicted molar refractivity (Wildman–Crippen MR) is 84.5 cm³/mol. The molecule has 0 spiro atoms. The van der Waals surface area contributed by atoms with Crippen LogP contribution in [0.1, 0.15) is 11.7 Å². The molecule has 2 aliphatic rings. The lowest BCUT2D eigenvalue weighted by atomic mass is 10.1. The monoisotopic (exact) mass is 344 g/mol. The van der Waals surface area contributed by atoms with Crippen LogP contribution in [-0.4, -0.2) is 61.8 Å². The maximum atomic E-state index is 11.4. The van der Waals surface area contributed by atoms with Crippen LogP contribution in [0.25, 0.3) is 0 Å². The number of cyclic esters (lactones) is 1. The van der Waals surface area contributed by atoms with Crippen molar-refractivity contribution in [2.75, 3.05) is 45.9 Å². The molecule has 120 valence electrons. The maximum Gasteiger partial charge on any atom is 0.409 e. The number of halogens is 2. The van der Waals surface area contributed by atoms with E-state index in [2.05, 4.69) is 4.90 Å². The molecule has 2 aliphatic heterocycles. The Morgan fingerprint density at radius 2 is 2.00 bits per heavy atom. The summed E-state index contributed by atoms with van der Waals surface area (Å²) in [5.74, 6) is 0. The minimum atomic E-state index is -0.214. The highest BCUT2D eigenvalue weighted by atomic mass is 35.5. The number of benzene rings is 1. The Kier molecular flexibility index (Phi) is 5.08. The molecule has 0 bridgehead atoms. The zero-order valence-electron chi connectivity index (χ0n) is 12.1. The summed E-state index contributed by atoms with van der Waals surface area (Å²) < 4.78 is 10.8. The van der Waals surface area contributed by atoms with Gasteiger partial charge in [-0.2, -0.15) is 0 Å². The van der Waals surface area contributed by atoms with Crippen LogP contribution in [0.5, 0.6) is 0 Å². The third kappa shape index (κ3) is 3.66. The van der Waals surface area contributed by atoms with Crippen molar-refractivity contribution in [1.82, 2.24) is 9.80 Å². The third-order valence-electron chi connectivity index (χ3n) is 4.00. The van der Waals surface area contributed by atoms with Crippen LogP contribution in [0.3, 0.4) is 0 Å². The summed E-state index contributed by atoms with van der Waals surface area (Å²) in [4.78, 5) is 15.5. The van der Waals surface area contributed by atoms with Crippen LogP contribution in [0, 0.1) is 0 Å². The molecule has 0 saturated carbocycles. The first-order valence-electron chi connectivity index (χ1n) is 7.34. The van der Waals surface area contributed by atoms with Crippen LogP contribution in [0.15, 0.2) is 18.2 Å². The highest BCUT2D eigenvalue weighted by Crippen LogP contribution is 2.29. The van der Waals surface area contributed by atoms with Gasteiger partial charge in [0.2, 0.25) is 0 Å². The summed E-state index contributed by atoms with van der Waals surface area (Å²) in [7, 11) is 0. The maximum absolute atomic E-state index is 11.4. The van der Waals surface area contributed by atoms with E-state index in [0.29, 0.717) is 36.3 Å². The van der Waals surface area contributed by atoms with Crippen molar-refractivity contribution in [2.45, 2.75) is 6.10 Å². The van der Waals surface area contributed by atoms with Crippen LogP contribution in [0.2, 0.25) is 10.0 Å². The minimum absolute atomic E-state index is 0.0194. The van der Waals surface area contributed by atoms with Crippen molar-refractivity contribution in [3.63, 3.8) is 0 Å². The van der Waals surface area contributed by atoms with Crippen LogP contribution in [-0.2, 0) is 9.47 Å². The lowest BCUT2D eigenvalue weighted by molar-refractivity contribution is -0.0310. The minimum Gasteiger partial charge on any atom is -0.448 e. The van der Waals surface area contributed by atoms with Crippen molar-refractivity contribution in [3.05, 3.63) is 33.8 Å². The van der Waals surface area contributed by atoms with E-state index in [-0.39, 0.29) is 12.2 Å². The molecule has 5 nitrogen and oxygen atoms in total. The van der Waals surface area contributed by atoms with Gasteiger partial charge in [0.05, 0.1) is 29.3 Å². The number of hydrogen-bond acceptors (Lipinski definition) is 4. The van der Waals surface area contributed by atoms with Crippen LogP contribution >= 0.6 is 23.2 Å². The SMILES string of the molecule is O=C1OCCN1CCN1CCO[C@@H](c2ccc(Cl)c(Cl)c2)C1. The third-order valence-corrected chi connectivity index (χ3v) is 4.74. The van der Waals surface area contributed by atoms with E-state index in [4.69, 9.17) is 32.7 Å². The Hall–Kier alpha value is -1.01. The molecule has 2 fully saturated rings. The molecular weight excluding hydrogens is 327 g/mol. The topological polar surface area (TPSA) is 42.0 Å².